The number of halogens is 1. The highest BCUT2D eigenvalue weighted by Crippen LogP contribution is 2.38. The van der Waals surface area contributed by atoms with Gasteiger partial charge < -0.3 is 20.5 Å². The fourth-order valence-corrected chi connectivity index (χ4v) is 2.61. The highest BCUT2D eigenvalue weighted by Gasteiger charge is 2.14. The molecule has 2 heterocycles. The summed E-state index contributed by atoms with van der Waals surface area (Å²) >= 11 is 6.19. The number of carbonyl (C=O) groups is 1. The predicted molar refractivity (Wildman–Crippen MR) is 110 cm³/mol. The standard InChI is InChI=1S/C18H18ClN7O3/c1-28-13-8-14(29-2)12(7-11(13)19)24-16-15(20)17(23-9-22-16)25-26-18(27)10-3-5-21-6-4-10/h3-9H,20H2,1-2H3,(H,26,27)(H2,22,23,24,25). The number of hydrogen-bond donors (Lipinski definition) is 4. The second-order valence-electron chi connectivity index (χ2n) is 5.61. The number of pyridine rings is 1. The summed E-state index contributed by atoms with van der Waals surface area (Å²) in [4.78, 5) is 24.2. The number of hydrogen-bond acceptors (Lipinski definition) is 9. The normalized spacial score (nSPS) is 10.2. The number of nitrogens with one attached hydrogen (secondary N) is 3. The Bertz CT molecular complexity index is 1020. The van der Waals surface area contributed by atoms with Crippen molar-refractivity contribution in [3.05, 3.63) is 53.6 Å². The quantitative estimate of drug-likeness (QED) is 0.429. The average molecular weight is 416 g/mol. The molecular weight excluding hydrogens is 398 g/mol. The van der Waals surface area contributed by atoms with Gasteiger partial charge in [0.25, 0.3) is 5.91 Å². The van der Waals surface area contributed by atoms with Crippen LogP contribution in [0.2, 0.25) is 5.02 Å². The van der Waals surface area contributed by atoms with Crippen LogP contribution >= 0.6 is 11.6 Å². The maximum atomic E-state index is 12.1. The summed E-state index contributed by atoms with van der Waals surface area (Å²) in [7, 11) is 3.02. The maximum absolute atomic E-state index is 12.1. The van der Waals surface area contributed by atoms with Gasteiger partial charge in [0.05, 0.1) is 24.9 Å². The topological polar surface area (TPSA) is 136 Å². The van der Waals surface area contributed by atoms with Crippen molar-refractivity contribution in [2.24, 2.45) is 0 Å². The first kappa shape index (κ1) is 20.0. The lowest BCUT2D eigenvalue weighted by molar-refractivity contribution is 0.0962. The molecule has 0 unspecified atom stereocenters. The molecule has 0 aliphatic rings. The molecule has 3 aromatic rings. The molecule has 0 aliphatic heterocycles. The molecule has 0 aliphatic carbocycles. The minimum absolute atomic E-state index is 0.177. The van der Waals surface area contributed by atoms with Crippen molar-refractivity contribution < 1.29 is 14.3 Å². The number of nitrogens with two attached hydrogens (primary N) is 1. The van der Waals surface area contributed by atoms with Crippen molar-refractivity contribution in [1.29, 1.82) is 0 Å². The molecule has 11 heteroatoms. The highest BCUT2D eigenvalue weighted by molar-refractivity contribution is 6.32. The fraction of sp³-hybridized carbons (Fsp3) is 0.111. The molecule has 0 saturated heterocycles. The molecule has 1 aromatic carbocycles. The highest BCUT2D eigenvalue weighted by atomic mass is 35.5. The number of nitrogens with zero attached hydrogens (tertiary/aromatic N) is 3. The van der Waals surface area contributed by atoms with Gasteiger partial charge in [-0.15, -0.1) is 0 Å². The second kappa shape index (κ2) is 8.93. The van der Waals surface area contributed by atoms with E-state index in [-0.39, 0.29) is 17.4 Å². The van der Waals surface area contributed by atoms with Gasteiger partial charge >= 0.3 is 0 Å². The monoisotopic (exact) mass is 415 g/mol. The number of carbonyl (C=O) groups excluding carboxylic acids is 1. The Hall–Kier alpha value is -3.79. The van der Waals surface area contributed by atoms with Crippen LogP contribution in [0.25, 0.3) is 0 Å². The van der Waals surface area contributed by atoms with E-state index < -0.39 is 0 Å². The first-order valence-electron chi connectivity index (χ1n) is 8.29. The van der Waals surface area contributed by atoms with E-state index in [9.17, 15) is 4.79 Å². The average Bonchev–Trinajstić information content (AvgIpc) is 2.75. The van der Waals surface area contributed by atoms with Crippen LogP contribution in [0.1, 0.15) is 10.4 Å². The smallest absolute Gasteiger partial charge is 0.269 e. The van der Waals surface area contributed by atoms with Crippen molar-refractivity contribution in [3.63, 3.8) is 0 Å². The van der Waals surface area contributed by atoms with Crippen LogP contribution in [0.15, 0.2) is 43.0 Å². The summed E-state index contributed by atoms with van der Waals surface area (Å²) < 4.78 is 10.5. The zero-order valence-corrected chi connectivity index (χ0v) is 16.3. The second-order valence-corrected chi connectivity index (χ2v) is 6.02. The van der Waals surface area contributed by atoms with Crippen molar-refractivity contribution in [3.8, 4) is 11.5 Å². The molecule has 3 rings (SSSR count). The van der Waals surface area contributed by atoms with Crippen molar-refractivity contribution in [2.45, 2.75) is 0 Å². The molecule has 29 heavy (non-hydrogen) atoms. The van der Waals surface area contributed by atoms with E-state index in [0.717, 1.165) is 0 Å². The van der Waals surface area contributed by atoms with Crippen LogP contribution < -0.4 is 31.4 Å². The zero-order chi connectivity index (χ0) is 20.8. The van der Waals surface area contributed by atoms with Crippen molar-refractivity contribution >= 4 is 40.5 Å². The van der Waals surface area contributed by atoms with Gasteiger partial charge in [0.2, 0.25) is 0 Å². The Morgan fingerprint density at radius 3 is 2.45 bits per heavy atom. The predicted octanol–water partition coefficient (Wildman–Crippen LogP) is 2.62. The number of rotatable bonds is 7. The van der Waals surface area contributed by atoms with Gasteiger partial charge in [-0.1, -0.05) is 11.6 Å². The molecule has 10 nitrogen and oxygen atoms in total. The lowest BCUT2D eigenvalue weighted by atomic mass is 10.2. The van der Waals surface area contributed by atoms with Gasteiger partial charge in [0, 0.05) is 24.0 Å². The third-order valence-electron chi connectivity index (χ3n) is 3.85. The van der Waals surface area contributed by atoms with Gasteiger partial charge in [-0.2, -0.15) is 0 Å². The summed E-state index contributed by atoms with van der Waals surface area (Å²) in [5.41, 5.74) is 12.5. The van der Waals surface area contributed by atoms with E-state index in [1.54, 1.807) is 24.3 Å². The number of benzene rings is 1. The summed E-state index contributed by atoms with van der Waals surface area (Å²) in [6.07, 6.45) is 4.32. The van der Waals surface area contributed by atoms with E-state index in [1.165, 1.54) is 32.9 Å². The first-order chi connectivity index (χ1) is 14.0. The minimum atomic E-state index is -0.372. The molecule has 2 aromatic heterocycles. The van der Waals surface area contributed by atoms with Gasteiger partial charge in [-0.05, 0) is 18.2 Å². The summed E-state index contributed by atoms with van der Waals surface area (Å²) in [6, 6.07) is 6.41. The van der Waals surface area contributed by atoms with Crippen LogP contribution in [-0.2, 0) is 0 Å². The summed E-state index contributed by atoms with van der Waals surface area (Å²) in [5, 5.41) is 3.42. The molecule has 0 spiro atoms. The fourth-order valence-electron chi connectivity index (χ4n) is 2.37. The minimum Gasteiger partial charge on any atom is -0.495 e. The largest absolute Gasteiger partial charge is 0.495 e. The van der Waals surface area contributed by atoms with Gasteiger partial charge in [0.1, 0.15) is 23.5 Å². The summed E-state index contributed by atoms with van der Waals surface area (Å²) in [6.45, 7) is 0. The number of aromatic nitrogens is 3. The molecule has 0 atom stereocenters. The Kier molecular flexibility index (Phi) is 6.15. The zero-order valence-electron chi connectivity index (χ0n) is 15.6. The Balaban J connectivity index is 1.79. The molecule has 1 amide bonds. The number of nitrogen functional groups attached to an aromatic ring is 1. The Labute approximate surface area is 171 Å². The Morgan fingerprint density at radius 1 is 1.07 bits per heavy atom. The maximum Gasteiger partial charge on any atom is 0.269 e. The van der Waals surface area contributed by atoms with Gasteiger partial charge in [-0.3, -0.25) is 20.6 Å². The molecule has 0 radical (unpaired) electrons. The molecule has 150 valence electrons. The van der Waals surface area contributed by atoms with Crippen LogP contribution in [0.5, 0.6) is 11.5 Å². The number of ether oxygens (including phenoxy) is 2. The van der Waals surface area contributed by atoms with Gasteiger partial charge in [0.15, 0.2) is 11.6 Å². The third kappa shape index (κ3) is 4.55. The van der Waals surface area contributed by atoms with E-state index in [2.05, 4.69) is 31.1 Å². The summed E-state index contributed by atoms with van der Waals surface area (Å²) in [5.74, 6) is 1.07. The molecule has 0 saturated carbocycles. The third-order valence-corrected chi connectivity index (χ3v) is 4.14. The Morgan fingerprint density at radius 2 is 1.76 bits per heavy atom. The van der Waals surface area contributed by atoms with Crippen LogP contribution in [0.4, 0.5) is 23.0 Å². The lowest BCUT2D eigenvalue weighted by Crippen LogP contribution is -2.30. The van der Waals surface area contributed by atoms with Crippen LogP contribution in [0.3, 0.4) is 0 Å². The SMILES string of the molecule is COc1cc(OC)c(Nc2ncnc(NNC(=O)c3ccncc3)c2N)cc1Cl. The molecule has 0 bridgehead atoms. The molecule has 5 N–H and O–H groups in total. The number of anilines is 4. The van der Waals surface area contributed by atoms with Gasteiger partial charge in [-0.25, -0.2) is 9.97 Å². The van der Waals surface area contributed by atoms with E-state index in [0.29, 0.717) is 33.6 Å². The van der Waals surface area contributed by atoms with Crippen LogP contribution in [-0.4, -0.2) is 35.1 Å². The van der Waals surface area contributed by atoms with Crippen molar-refractivity contribution in [2.75, 3.05) is 30.7 Å². The van der Waals surface area contributed by atoms with Crippen molar-refractivity contribution in [1.82, 2.24) is 20.4 Å². The van der Waals surface area contributed by atoms with E-state index in [1.807, 2.05) is 0 Å². The van der Waals surface area contributed by atoms with E-state index in [4.69, 9.17) is 26.8 Å². The number of hydrazine groups is 1. The van der Waals surface area contributed by atoms with Crippen LogP contribution in [0, 0.1) is 0 Å². The van der Waals surface area contributed by atoms with E-state index >= 15 is 0 Å². The number of methoxy groups -OCH3 is 2. The molecule has 0 fully saturated rings. The first-order valence-corrected chi connectivity index (χ1v) is 8.66. The lowest BCUT2D eigenvalue weighted by Gasteiger charge is -2.16. The number of amides is 1. The molecular formula is C18H18ClN7O3.